The molecule has 0 spiro atoms. The van der Waals surface area contributed by atoms with E-state index in [2.05, 4.69) is 31.3 Å². The zero-order valence-corrected chi connectivity index (χ0v) is 19.0. The number of H-pyrrole nitrogens is 1. The maximum absolute atomic E-state index is 14.0. The maximum Gasteiger partial charge on any atom is 0.325 e. The number of aromatic amines is 1. The number of aromatic hydroxyl groups is 1. The van der Waals surface area contributed by atoms with Gasteiger partial charge in [0.05, 0.1) is 16.8 Å². The van der Waals surface area contributed by atoms with Gasteiger partial charge in [0.2, 0.25) is 5.16 Å². The van der Waals surface area contributed by atoms with Crippen LogP contribution in [-0.4, -0.2) is 15.2 Å². The van der Waals surface area contributed by atoms with Crippen molar-refractivity contribution in [3.05, 3.63) is 98.5 Å². The fourth-order valence-electron chi connectivity index (χ4n) is 3.67. The first-order chi connectivity index (χ1) is 15.5. The number of fused-ring (bicyclic) bond motifs is 3. The summed E-state index contributed by atoms with van der Waals surface area (Å²) in [7, 11) is 0. The predicted octanol–water partition coefficient (Wildman–Crippen LogP) is 4.60. The maximum atomic E-state index is 14.0. The van der Waals surface area contributed by atoms with Crippen molar-refractivity contribution in [2.45, 2.75) is 17.1 Å². The van der Waals surface area contributed by atoms with Gasteiger partial charge in [0.25, 0.3) is 6.17 Å². The van der Waals surface area contributed by atoms with Crippen molar-refractivity contribution in [3.63, 3.8) is 0 Å². The van der Waals surface area contributed by atoms with Crippen molar-refractivity contribution in [3.8, 4) is 17.0 Å². The van der Waals surface area contributed by atoms with Crippen molar-refractivity contribution in [2.24, 2.45) is 0 Å². The first-order valence-corrected chi connectivity index (χ1v) is 11.6. The van der Waals surface area contributed by atoms with E-state index in [1.807, 2.05) is 24.3 Å². The Hall–Kier alpha value is -3.17. The molecular weight excluding hydrogens is 495 g/mol. The number of nitrogens with one attached hydrogen (secondary N) is 2. The van der Waals surface area contributed by atoms with E-state index in [1.165, 1.54) is 17.8 Å². The van der Waals surface area contributed by atoms with E-state index in [9.17, 15) is 14.3 Å². The Morgan fingerprint density at radius 2 is 1.91 bits per heavy atom. The number of phenols is 1. The summed E-state index contributed by atoms with van der Waals surface area (Å²) in [6, 6.07) is 19.0. The molecule has 3 N–H and O–H groups in total. The molecule has 1 aliphatic rings. The number of aromatic nitrogens is 3. The lowest BCUT2D eigenvalue weighted by Crippen LogP contribution is -2.55. The highest BCUT2D eigenvalue weighted by molar-refractivity contribution is 9.10. The molecular formula is C23H17BrFN4O2S+. The number of para-hydroxylation sites is 1. The van der Waals surface area contributed by atoms with Crippen LogP contribution in [0.3, 0.4) is 0 Å². The second-order valence-corrected chi connectivity index (χ2v) is 9.05. The molecule has 5 rings (SSSR count). The van der Waals surface area contributed by atoms with Crippen LogP contribution in [-0.2, 0) is 5.75 Å². The van der Waals surface area contributed by atoms with Crippen molar-refractivity contribution in [2.75, 3.05) is 5.32 Å². The van der Waals surface area contributed by atoms with Crippen LogP contribution in [0.15, 0.2) is 81.2 Å². The molecule has 0 saturated heterocycles. The van der Waals surface area contributed by atoms with E-state index in [0.717, 1.165) is 15.7 Å². The highest BCUT2D eigenvalue weighted by Gasteiger charge is 2.38. The monoisotopic (exact) mass is 511 g/mol. The molecule has 160 valence electrons. The minimum Gasteiger partial charge on any atom is -0.508 e. The summed E-state index contributed by atoms with van der Waals surface area (Å²) in [6.07, 6.45) is -0.545. The zero-order valence-electron chi connectivity index (χ0n) is 16.5. The number of hydrogen-bond donors (Lipinski definition) is 3. The third-order valence-electron chi connectivity index (χ3n) is 5.18. The lowest BCUT2D eigenvalue weighted by Gasteiger charge is -2.23. The van der Waals surface area contributed by atoms with Crippen molar-refractivity contribution in [1.82, 2.24) is 10.1 Å². The van der Waals surface area contributed by atoms with Crippen molar-refractivity contribution < 1.29 is 14.2 Å². The van der Waals surface area contributed by atoms with Gasteiger partial charge >= 0.3 is 11.3 Å². The van der Waals surface area contributed by atoms with Crippen LogP contribution >= 0.6 is 27.7 Å². The van der Waals surface area contributed by atoms with Gasteiger partial charge in [-0.2, -0.15) is 0 Å². The van der Waals surface area contributed by atoms with Crippen LogP contribution in [0, 0.1) is 5.82 Å². The lowest BCUT2D eigenvalue weighted by molar-refractivity contribution is -0.759. The van der Waals surface area contributed by atoms with E-state index < -0.39 is 6.17 Å². The molecule has 0 aliphatic carbocycles. The van der Waals surface area contributed by atoms with Gasteiger partial charge in [0.1, 0.15) is 11.6 Å². The average Bonchev–Trinajstić information content (AvgIpc) is 2.79. The van der Waals surface area contributed by atoms with Gasteiger partial charge in [-0.15, -0.1) is 0 Å². The van der Waals surface area contributed by atoms with Gasteiger partial charge in [-0.05, 0) is 46.6 Å². The average molecular weight is 512 g/mol. The normalized spacial score (nSPS) is 14.4. The van der Waals surface area contributed by atoms with E-state index in [-0.39, 0.29) is 17.1 Å². The Labute approximate surface area is 195 Å². The van der Waals surface area contributed by atoms with Crippen molar-refractivity contribution >= 4 is 33.4 Å². The third-order valence-corrected chi connectivity index (χ3v) is 6.81. The summed E-state index contributed by atoms with van der Waals surface area (Å²) in [6.45, 7) is 0. The van der Waals surface area contributed by atoms with Gasteiger partial charge in [0, 0.05) is 15.3 Å². The Morgan fingerprint density at radius 1 is 1.12 bits per heavy atom. The number of phenolic OH excluding ortho intramolecular Hbond substituents is 1. The Morgan fingerprint density at radius 3 is 2.75 bits per heavy atom. The smallest absolute Gasteiger partial charge is 0.325 e. The molecule has 0 fully saturated rings. The second kappa shape index (κ2) is 8.40. The highest BCUT2D eigenvalue weighted by Crippen LogP contribution is 2.35. The van der Waals surface area contributed by atoms with Crippen LogP contribution < -0.4 is 15.6 Å². The van der Waals surface area contributed by atoms with Gasteiger partial charge < -0.3 is 10.4 Å². The van der Waals surface area contributed by atoms with Crippen LogP contribution in [0.5, 0.6) is 5.75 Å². The summed E-state index contributed by atoms with van der Waals surface area (Å²) >= 11 is 4.78. The molecule has 0 radical (unpaired) electrons. The second-order valence-electron chi connectivity index (χ2n) is 7.23. The molecule has 0 unspecified atom stereocenters. The third kappa shape index (κ3) is 3.78. The fourth-order valence-corrected chi connectivity index (χ4v) is 4.97. The summed E-state index contributed by atoms with van der Waals surface area (Å²) < 4.78 is 16.4. The standard InChI is InChI=1S/C23H16BrFN4O2S/c24-17-10-9-14(30)11-16(17)21-26-19-8-4-2-6-15(19)20-22(31)27-23(28-29(20)21)32-12-13-5-1-3-7-18(13)25/h1-11,21H,12H2,(H2,27,28,30,31)/p+1/t21-/m1/s1. The van der Waals surface area contributed by atoms with Gasteiger partial charge in [-0.3, -0.25) is 9.78 Å². The number of thioether (sulfide) groups is 1. The number of nitrogens with zero attached hydrogens (tertiary/aromatic N) is 2. The molecule has 0 saturated carbocycles. The minimum absolute atomic E-state index is 0.102. The lowest BCUT2D eigenvalue weighted by atomic mass is 10.0. The van der Waals surface area contributed by atoms with Crippen molar-refractivity contribution in [1.29, 1.82) is 0 Å². The molecule has 3 aromatic carbocycles. The molecule has 1 atom stereocenters. The van der Waals surface area contributed by atoms with Gasteiger partial charge in [-0.25, -0.2) is 4.39 Å². The summed E-state index contributed by atoms with van der Waals surface area (Å²) in [5.74, 6) is 0.120. The SMILES string of the molecule is O=c1[nH]c(SCc2ccccc2F)n[n+]2c1-c1ccccc1N[C@H]2c1cc(O)ccc1Br. The molecule has 32 heavy (non-hydrogen) atoms. The minimum atomic E-state index is -0.545. The van der Waals surface area contributed by atoms with Crippen LogP contribution in [0.4, 0.5) is 10.1 Å². The van der Waals surface area contributed by atoms with Gasteiger partial charge in [0.15, 0.2) is 0 Å². The highest BCUT2D eigenvalue weighted by atomic mass is 79.9. The Kier molecular flexibility index (Phi) is 5.44. The quantitative estimate of drug-likeness (QED) is 0.275. The van der Waals surface area contributed by atoms with Crippen LogP contribution in [0.2, 0.25) is 0 Å². The van der Waals surface area contributed by atoms with Crippen LogP contribution in [0.1, 0.15) is 17.3 Å². The van der Waals surface area contributed by atoms with E-state index >= 15 is 0 Å². The molecule has 1 aliphatic heterocycles. The van der Waals surface area contributed by atoms with Gasteiger partial charge in [-0.1, -0.05) is 58.0 Å². The molecule has 0 amide bonds. The largest absolute Gasteiger partial charge is 0.508 e. The predicted molar refractivity (Wildman–Crippen MR) is 124 cm³/mol. The number of rotatable bonds is 4. The number of halogens is 2. The molecule has 6 nitrogen and oxygen atoms in total. The van der Waals surface area contributed by atoms with Crippen LogP contribution in [0.25, 0.3) is 11.3 Å². The molecule has 4 aromatic rings. The summed E-state index contributed by atoms with van der Waals surface area (Å²) in [4.78, 5) is 16.0. The molecule has 1 aromatic heterocycles. The zero-order chi connectivity index (χ0) is 22.2. The first kappa shape index (κ1) is 20.7. The van der Waals surface area contributed by atoms with E-state index in [4.69, 9.17) is 0 Å². The molecule has 9 heteroatoms. The van der Waals surface area contributed by atoms with E-state index in [0.29, 0.717) is 27.7 Å². The topological polar surface area (TPSA) is 81.9 Å². The summed E-state index contributed by atoms with van der Waals surface area (Å²) in [5.41, 5.74) is 2.85. The molecule has 2 heterocycles. The van der Waals surface area contributed by atoms with E-state index in [1.54, 1.807) is 41.1 Å². The summed E-state index contributed by atoms with van der Waals surface area (Å²) in [5, 5.41) is 18.5. The molecule has 0 bridgehead atoms. The number of hydrogen-bond acceptors (Lipinski definition) is 5. The Balaban J connectivity index is 1.62. The number of benzene rings is 3. The fraction of sp³-hybridized carbons (Fsp3) is 0.0870. The Bertz CT molecular complexity index is 1390. The first-order valence-electron chi connectivity index (χ1n) is 9.78. The number of anilines is 1.